The lowest BCUT2D eigenvalue weighted by atomic mass is 9.71. The van der Waals surface area contributed by atoms with Crippen LogP contribution in [0, 0.1) is 12.3 Å². The fraction of sp³-hybridized carbons (Fsp3) is 0.609. The quantitative estimate of drug-likeness (QED) is 0.786. The molecule has 1 aliphatic carbocycles. The molecule has 2 aliphatic heterocycles. The Morgan fingerprint density at radius 3 is 2.66 bits per heavy atom. The maximum atomic E-state index is 13.6. The number of carbonyl (C=O) groups is 2. The van der Waals surface area contributed by atoms with Gasteiger partial charge in [-0.15, -0.1) is 0 Å². The fourth-order valence-electron chi connectivity index (χ4n) is 6.54. The van der Waals surface area contributed by atoms with Crippen molar-refractivity contribution >= 4 is 22.8 Å². The van der Waals surface area contributed by atoms with Gasteiger partial charge in [0.1, 0.15) is 12.4 Å². The number of aryl methyl sites for hydroxylation is 1. The molecule has 1 aromatic heterocycles. The summed E-state index contributed by atoms with van der Waals surface area (Å²) in [6.07, 6.45) is 5.40. The molecule has 6 nitrogen and oxygen atoms in total. The first-order chi connectivity index (χ1) is 13.9. The summed E-state index contributed by atoms with van der Waals surface area (Å²) >= 11 is 0. The Labute approximate surface area is 171 Å². The lowest BCUT2D eigenvalue weighted by molar-refractivity contribution is -0.140. The molecule has 154 valence electrons. The Kier molecular flexibility index (Phi) is 4.23. The number of amides is 2. The van der Waals surface area contributed by atoms with Crippen LogP contribution in [-0.4, -0.2) is 55.8 Å². The SMILES string of the molecule is CC(=O)N1[C@@H]2CN(C(=O)Cn3c(C)nc4ccccc43)[C@@H]3CCCC[C@H]1[C@]3(C)C2. The molecule has 2 aromatic rings. The highest BCUT2D eigenvalue weighted by Gasteiger charge is 2.60. The molecule has 6 heteroatoms. The Morgan fingerprint density at radius 2 is 1.90 bits per heavy atom. The van der Waals surface area contributed by atoms with E-state index in [0.29, 0.717) is 13.1 Å². The highest BCUT2D eigenvalue weighted by molar-refractivity contribution is 5.82. The molecule has 0 radical (unpaired) electrons. The monoisotopic (exact) mass is 394 g/mol. The van der Waals surface area contributed by atoms with E-state index in [1.807, 2.05) is 35.8 Å². The molecular weight excluding hydrogens is 364 g/mol. The first kappa shape index (κ1) is 18.6. The number of aromatic nitrogens is 2. The molecule has 1 saturated carbocycles. The summed E-state index contributed by atoms with van der Waals surface area (Å²) in [7, 11) is 0. The minimum absolute atomic E-state index is 0.00674. The van der Waals surface area contributed by atoms with Crippen LogP contribution in [0.25, 0.3) is 11.0 Å². The average molecular weight is 395 g/mol. The number of carbonyl (C=O) groups excluding carboxylic acids is 2. The van der Waals surface area contributed by atoms with Crippen molar-refractivity contribution in [1.29, 1.82) is 0 Å². The van der Waals surface area contributed by atoms with Gasteiger partial charge in [-0.2, -0.15) is 0 Å². The van der Waals surface area contributed by atoms with Crippen molar-refractivity contribution in [2.75, 3.05) is 6.54 Å². The molecule has 0 N–H and O–H groups in total. The smallest absolute Gasteiger partial charge is 0.242 e. The second-order valence-electron chi connectivity index (χ2n) is 9.39. The normalized spacial score (nSPS) is 31.2. The van der Waals surface area contributed by atoms with Gasteiger partial charge < -0.3 is 14.4 Å². The maximum Gasteiger partial charge on any atom is 0.242 e. The molecule has 2 saturated heterocycles. The highest BCUT2D eigenvalue weighted by Crippen LogP contribution is 2.53. The summed E-state index contributed by atoms with van der Waals surface area (Å²) in [6.45, 7) is 6.96. The number of imidazole rings is 1. The highest BCUT2D eigenvalue weighted by atomic mass is 16.2. The van der Waals surface area contributed by atoms with Gasteiger partial charge in [0, 0.05) is 31.0 Å². The lowest BCUT2D eigenvalue weighted by Crippen LogP contribution is -2.56. The van der Waals surface area contributed by atoms with Crippen molar-refractivity contribution in [2.45, 2.75) is 77.5 Å². The van der Waals surface area contributed by atoms with Crippen molar-refractivity contribution in [1.82, 2.24) is 19.4 Å². The Bertz CT molecular complexity index is 982. The number of likely N-dealkylation sites (tertiary alicyclic amines) is 2. The van der Waals surface area contributed by atoms with Gasteiger partial charge in [-0.1, -0.05) is 31.9 Å². The van der Waals surface area contributed by atoms with Crippen LogP contribution in [0.3, 0.4) is 0 Å². The van der Waals surface area contributed by atoms with Crippen molar-refractivity contribution in [3.8, 4) is 0 Å². The number of piperidine rings is 1. The van der Waals surface area contributed by atoms with Crippen LogP contribution < -0.4 is 0 Å². The number of rotatable bonds is 2. The summed E-state index contributed by atoms with van der Waals surface area (Å²) < 4.78 is 2.04. The van der Waals surface area contributed by atoms with E-state index in [0.717, 1.165) is 49.0 Å². The van der Waals surface area contributed by atoms with Gasteiger partial charge in [0.2, 0.25) is 11.8 Å². The minimum atomic E-state index is 0.00674. The van der Waals surface area contributed by atoms with E-state index >= 15 is 0 Å². The van der Waals surface area contributed by atoms with E-state index in [1.165, 1.54) is 0 Å². The van der Waals surface area contributed by atoms with Crippen LogP contribution in [-0.2, 0) is 16.1 Å². The molecule has 0 unspecified atom stereocenters. The standard InChI is InChI=1S/C23H30N4O2/c1-15-24-18-8-4-5-9-19(18)25(15)14-22(29)26-13-17-12-23(3)20(26)10-6-7-11-21(23)27(17)16(2)28/h4-5,8-9,17,20-21H,6-7,10-14H2,1-3H3/t17-,20+,21-,23+/m0/s1. The molecule has 0 spiro atoms. The second kappa shape index (κ2) is 6.57. The van der Waals surface area contributed by atoms with Gasteiger partial charge in [0.25, 0.3) is 0 Å². The number of fused-ring (bicyclic) bond motifs is 2. The molecule has 3 aliphatic rings. The van der Waals surface area contributed by atoms with Gasteiger partial charge in [-0.25, -0.2) is 4.98 Å². The summed E-state index contributed by atoms with van der Waals surface area (Å²) in [6, 6.07) is 8.64. The first-order valence-corrected chi connectivity index (χ1v) is 10.9. The molecule has 4 atom stereocenters. The number of para-hydroxylation sites is 2. The minimum Gasteiger partial charge on any atom is -0.335 e. The second-order valence-corrected chi connectivity index (χ2v) is 9.39. The summed E-state index contributed by atoms with van der Waals surface area (Å²) in [5, 5.41) is 0. The third-order valence-corrected chi connectivity index (χ3v) is 7.74. The zero-order chi connectivity index (χ0) is 20.3. The number of hydrogen-bond acceptors (Lipinski definition) is 3. The van der Waals surface area contributed by atoms with Gasteiger partial charge in [-0.3, -0.25) is 9.59 Å². The van der Waals surface area contributed by atoms with E-state index in [2.05, 4.69) is 21.7 Å². The van der Waals surface area contributed by atoms with Gasteiger partial charge in [0.05, 0.1) is 17.1 Å². The van der Waals surface area contributed by atoms with Crippen LogP contribution in [0.15, 0.2) is 24.3 Å². The largest absolute Gasteiger partial charge is 0.335 e. The molecule has 3 fully saturated rings. The van der Waals surface area contributed by atoms with Gasteiger partial charge in [-0.05, 0) is 38.3 Å². The molecule has 29 heavy (non-hydrogen) atoms. The Morgan fingerprint density at radius 1 is 1.17 bits per heavy atom. The van der Waals surface area contributed by atoms with Gasteiger partial charge >= 0.3 is 0 Å². The zero-order valence-electron chi connectivity index (χ0n) is 17.6. The number of nitrogens with zero attached hydrogens (tertiary/aromatic N) is 4. The Balaban J connectivity index is 1.49. The van der Waals surface area contributed by atoms with Crippen LogP contribution in [0.5, 0.6) is 0 Å². The van der Waals surface area contributed by atoms with Crippen molar-refractivity contribution < 1.29 is 9.59 Å². The summed E-state index contributed by atoms with van der Waals surface area (Å²) in [4.78, 5) is 34.9. The van der Waals surface area contributed by atoms with Crippen LogP contribution >= 0.6 is 0 Å². The summed E-state index contributed by atoms with van der Waals surface area (Å²) in [5.74, 6) is 1.19. The number of benzene rings is 1. The third-order valence-electron chi connectivity index (χ3n) is 7.74. The number of hydrogen-bond donors (Lipinski definition) is 0. The van der Waals surface area contributed by atoms with E-state index in [1.54, 1.807) is 6.92 Å². The molecule has 5 rings (SSSR count). The topological polar surface area (TPSA) is 58.4 Å². The van der Waals surface area contributed by atoms with Crippen molar-refractivity contribution in [3.05, 3.63) is 30.1 Å². The maximum absolute atomic E-state index is 13.6. The summed E-state index contributed by atoms with van der Waals surface area (Å²) in [5.41, 5.74) is 1.95. The van der Waals surface area contributed by atoms with Crippen molar-refractivity contribution in [2.24, 2.45) is 5.41 Å². The average Bonchev–Trinajstić information content (AvgIpc) is 3.04. The fourth-order valence-corrected chi connectivity index (χ4v) is 6.54. The molecule has 2 bridgehead atoms. The Hall–Kier alpha value is -2.37. The van der Waals surface area contributed by atoms with E-state index in [9.17, 15) is 9.59 Å². The van der Waals surface area contributed by atoms with E-state index in [-0.39, 0.29) is 35.4 Å². The molecule has 3 heterocycles. The van der Waals surface area contributed by atoms with E-state index < -0.39 is 0 Å². The predicted molar refractivity (Wildman–Crippen MR) is 111 cm³/mol. The van der Waals surface area contributed by atoms with E-state index in [4.69, 9.17) is 0 Å². The zero-order valence-corrected chi connectivity index (χ0v) is 17.6. The molecular formula is C23H30N4O2. The molecule has 2 amide bonds. The van der Waals surface area contributed by atoms with Crippen LogP contribution in [0.1, 0.15) is 51.8 Å². The van der Waals surface area contributed by atoms with Crippen molar-refractivity contribution in [3.63, 3.8) is 0 Å². The lowest BCUT2D eigenvalue weighted by Gasteiger charge is -2.46. The predicted octanol–water partition coefficient (Wildman–Crippen LogP) is 3.13. The first-order valence-electron chi connectivity index (χ1n) is 10.9. The molecule has 1 aromatic carbocycles. The van der Waals surface area contributed by atoms with Crippen LogP contribution in [0.2, 0.25) is 0 Å². The van der Waals surface area contributed by atoms with Gasteiger partial charge in [0.15, 0.2) is 0 Å². The van der Waals surface area contributed by atoms with Crippen LogP contribution in [0.4, 0.5) is 0 Å². The third kappa shape index (κ3) is 2.71.